The van der Waals surface area contributed by atoms with Crippen LogP contribution in [0.1, 0.15) is 45.1 Å². The molecule has 148 valence electrons. The Bertz CT molecular complexity index is 651. The van der Waals surface area contributed by atoms with Crippen molar-refractivity contribution in [3.8, 4) is 23.8 Å². The molecule has 1 fully saturated rings. The van der Waals surface area contributed by atoms with E-state index >= 15 is 0 Å². The molecular formula is C22H32N2O3. The van der Waals surface area contributed by atoms with Crippen LogP contribution in [0, 0.1) is 18.3 Å². The van der Waals surface area contributed by atoms with Gasteiger partial charge < -0.3 is 14.8 Å². The lowest BCUT2D eigenvalue weighted by atomic mass is 10.0. The Hall–Kier alpha value is -2.19. The number of terminal acetylenes is 1. The predicted octanol–water partition coefficient (Wildman–Crippen LogP) is 3.22. The number of likely N-dealkylation sites (tertiary alicyclic amines) is 1. The molecule has 0 saturated carbocycles. The standard InChI is InChI=1S/C22H32N2O3/c1-5-12-24-13-7-6-8-19(24)22(25)23-16-18-9-10-20(21(15-18)26-4)27-14-11-17(2)3/h1,9-10,15,17,19H,6-8,11-14,16H2,2-4H3,(H,23,25). The minimum Gasteiger partial charge on any atom is -0.493 e. The number of hydrogen-bond donors (Lipinski definition) is 1. The van der Waals surface area contributed by atoms with Crippen LogP contribution in [0.2, 0.25) is 0 Å². The fourth-order valence-corrected chi connectivity index (χ4v) is 3.25. The molecule has 5 nitrogen and oxygen atoms in total. The second-order valence-electron chi connectivity index (χ2n) is 7.42. The maximum atomic E-state index is 12.6. The highest BCUT2D eigenvalue weighted by molar-refractivity contribution is 5.81. The van der Waals surface area contributed by atoms with Gasteiger partial charge in [0.05, 0.1) is 26.3 Å². The summed E-state index contributed by atoms with van der Waals surface area (Å²) in [5.74, 6) is 4.72. The van der Waals surface area contributed by atoms with Gasteiger partial charge in [-0.3, -0.25) is 9.69 Å². The highest BCUT2D eigenvalue weighted by Crippen LogP contribution is 2.28. The van der Waals surface area contributed by atoms with E-state index in [1.807, 2.05) is 18.2 Å². The Morgan fingerprint density at radius 2 is 2.19 bits per heavy atom. The smallest absolute Gasteiger partial charge is 0.237 e. The zero-order valence-corrected chi connectivity index (χ0v) is 16.8. The van der Waals surface area contributed by atoms with Crippen molar-refractivity contribution in [3.05, 3.63) is 23.8 Å². The van der Waals surface area contributed by atoms with Crippen molar-refractivity contribution >= 4 is 5.91 Å². The van der Waals surface area contributed by atoms with E-state index in [0.717, 1.165) is 43.5 Å². The largest absolute Gasteiger partial charge is 0.493 e. The van der Waals surface area contributed by atoms with E-state index < -0.39 is 0 Å². The van der Waals surface area contributed by atoms with Crippen LogP contribution in [-0.2, 0) is 11.3 Å². The fourth-order valence-electron chi connectivity index (χ4n) is 3.25. The molecule has 1 atom stereocenters. The molecule has 0 spiro atoms. The van der Waals surface area contributed by atoms with Gasteiger partial charge in [0.1, 0.15) is 0 Å². The van der Waals surface area contributed by atoms with E-state index in [0.29, 0.717) is 31.4 Å². The van der Waals surface area contributed by atoms with Gasteiger partial charge in [-0.15, -0.1) is 6.42 Å². The molecule has 0 radical (unpaired) electrons. The van der Waals surface area contributed by atoms with Crippen molar-refractivity contribution in [1.29, 1.82) is 0 Å². The number of hydrogen-bond acceptors (Lipinski definition) is 4. The Kier molecular flexibility index (Phi) is 8.47. The molecule has 2 rings (SSSR count). The number of amides is 1. The number of nitrogens with zero attached hydrogens (tertiary/aromatic N) is 1. The Morgan fingerprint density at radius 3 is 2.89 bits per heavy atom. The van der Waals surface area contributed by atoms with Gasteiger partial charge in [-0.05, 0) is 49.4 Å². The summed E-state index contributed by atoms with van der Waals surface area (Å²) in [4.78, 5) is 14.7. The van der Waals surface area contributed by atoms with Gasteiger partial charge in [0.2, 0.25) is 5.91 Å². The van der Waals surface area contributed by atoms with E-state index in [1.165, 1.54) is 0 Å². The third kappa shape index (κ3) is 6.48. The first-order chi connectivity index (χ1) is 13.0. The molecule has 1 amide bonds. The maximum absolute atomic E-state index is 12.6. The molecule has 1 aromatic rings. The molecular weight excluding hydrogens is 340 g/mol. The SMILES string of the molecule is C#CCN1CCCCC1C(=O)NCc1ccc(OCCC(C)C)c(OC)c1. The second kappa shape index (κ2) is 10.8. The van der Waals surface area contributed by atoms with E-state index in [4.69, 9.17) is 15.9 Å². The summed E-state index contributed by atoms with van der Waals surface area (Å²) in [6.45, 7) is 6.87. The summed E-state index contributed by atoms with van der Waals surface area (Å²) in [7, 11) is 1.63. The van der Waals surface area contributed by atoms with Crippen LogP contribution in [0.5, 0.6) is 11.5 Å². The zero-order chi connectivity index (χ0) is 19.6. The Labute approximate surface area is 163 Å². The Balaban J connectivity index is 1.92. The van der Waals surface area contributed by atoms with Crippen molar-refractivity contribution in [2.24, 2.45) is 5.92 Å². The quantitative estimate of drug-likeness (QED) is 0.676. The predicted molar refractivity (Wildman–Crippen MR) is 108 cm³/mol. The molecule has 1 saturated heterocycles. The molecule has 1 N–H and O–H groups in total. The first kappa shape index (κ1) is 21.1. The highest BCUT2D eigenvalue weighted by Gasteiger charge is 2.27. The molecule has 0 bridgehead atoms. The molecule has 27 heavy (non-hydrogen) atoms. The van der Waals surface area contributed by atoms with Gasteiger partial charge in [0.25, 0.3) is 0 Å². The van der Waals surface area contributed by atoms with E-state index in [-0.39, 0.29) is 11.9 Å². The number of benzene rings is 1. The second-order valence-corrected chi connectivity index (χ2v) is 7.42. The van der Waals surface area contributed by atoms with Crippen molar-refractivity contribution in [2.45, 2.75) is 52.1 Å². The average Bonchev–Trinajstić information content (AvgIpc) is 2.67. The fraction of sp³-hybridized carbons (Fsp3) is 0.591. The minimum absolute atomic E-state index is 0.0428. The van der Waals surface area contributed by atoms with Crippen molar-refractivity contribution < 1.29 is 14.3 Å². The van der Waals surface area contributed by atoms with Crippen LogP contribution in [-0.4, -0.2) is 43.7 Å². The lowest BCUT2D eigenvalue weighted by Crippen LogP contribution is -2.49. The third-order valence-corrected chi connectivity index (χ3v) is 4.86. The van der Waals surface area contributed by atoms with Crippen LogP contribution in [0.25, 0.3) is 0 Å². The number of piperidine rings is 1. The third-order valence-electron chi connectivity index (χ3n) is 4.86. The van der Waals surface area contributed by atoms with E-state index in [2.05, 4.69) is 30.0 Å². The van der Waals surface area contributed by atoms with Crippen molar-refractivity contribution in [2.75, 3.05) is 26.8 Å². The summed E-state index contributed by atoms with van der Waals surface area (Å²) < 4.78 is 11.3. The Morgan fingerprint density at radius 1 is 1.37 bits per heavy atom. The normalized spacial score (nSPS) is 17.4. The van der Waals surface area contributed by atoms with Crippen LogP contribution >= 0.6 is 0 Å². The molecule has 1 aliphatic rings. The van der Waals surface area contributed by atoms with Crippen LogP contribution < -0.4 is 14.8 Å². The van der Waals surface area contributed by atoms with Gasteiger partial charge in [-0.25, -0.2) is 0 Å². The summed E-state index contributed by atoms with van der Waals surface area (Å²) in [5.41, 5.74) is 0.982. The lowest BCUT2D eigenvalue weighted by Gasteiger charge is -2.33. The van der Waals surface area contributed by atoms with Crippen LogP contribution in [0.4, 0.5) is 0 Å². The monoisotopic (exact) mass is 372 g/mol. The molecule has 5 heteroatoms. The molecule has 1 heterocycles. The molecule has 1 aliphatic heterocycles. The van der Waals surface area contributed by atoms with Gasteiger partial charge in [0, 0.05) is 6.54 Å². The lowest BCUT2D eigenvalue weighted by molar-refractivity contribution is -0.127. The number of carbonyl (C=O) groups excluding carboxylic acids is 1. The van der Waals surface area contributed by atoms with Crippen molar-refractivity contribution in [3.63, 3.8) is 0 Å². The van der Waals surface area contributed by atoms with E-state index in [9.17, 15) is 4.79 Å². The summed E-state index contributed by atoms with van der Waals surface area (Å²) in [6.07, 6.45) is 9.45. The van der Waals surface area contributed by atoms with E-state index in [1.54, 1.807) is 7.11 Å². The number of nitrogens with one attached hydrogen (secondary N) is 1. The van der Waals surface area contributed by atoms with Crippen LogP contribution in [0.15, 0.2) is 18.2 Å². The molecule has 1 aromatic carbocycles. The molecule has 1 unspecified atom stereocenters. The molecule has 0 aliphatic carbocycles. The molecule has 0 aromatic heterocycles. The number of rotatable bonds is 9. The van der Waals surface area contributed by atoms with Gasteiger partial charge in [-0.2, -0.15) is 0 Å². The van der Waals surface area contributed by atoms with Crippen molar-refractivity contribution in [1.82, 2.24) is 10.2 Å². The zero-order valence-electron chi connectivity index (χ0n) is 16.8. The average molecular weight is 373 g/mol. The topological polar surface area (TPSA) is 50.8 Å². The summed E-state index contributed by atoms with van der Waals surface area (Å²) in [5, 5.41) is 3.04. The first-order valence-corrected chi connectivity index (χ1v) is 9.80. The number of carbonyl (C=O) groups is 1. The van der Waals surface area contributed by atoms with Gasteiger partial charge in [-0.1, -0.05) is 32.3 Å². The minimum atomic E-state index is -0.129. The maximum Gasteiger partial charge on any atom is 0.237 e. The van der Waals surface area contributed by atoms with Crippen LogP contribution in [0.3, 0.4) is 0 Å². The first-order valence-electron chi connectivity index (χ1n) is 9.80. The number of methoxy groups -OCH3 is 1. The van der Waals surface area contributed by atoms with Gasteiger partial charge >= 0.3 is 0 Å². The summed E-state index contributed by atoms with van der Waals surface area (Å²) >= 11 is 0. The highest BCUT2D eigenvalue weighted by atomic mass is 16.5. The summed E-state index contributed by atoms with van der Waals surface area (Å²) in [6, 6.07) is 5.67. The number of ether oxygens (including phenoxy) is 2. The van der Waals surface area contributed by atoms with Gasteiger partial charge in [0.15, 0.2) is 11.5 Å².